The molecule has 4 aliphatic rings. The fraction of sp³-hybridized carbons (Fsp3) is 0.476. The molecular weight excluding hydrogens is 388 g/mol. The van der Waals surface area contributed by atoms with Crippen LogP contribution in [0.4, 0.5) is 0 Å². The molecule has 1 saturated carbocycles. The predicted molar refractivity (Wildman–Crippen MR) is 108 cm³/mol. The van der Waals surface area contributed by atoms with Gasteiger partial charge in [0.15, 0.2) is 0 Å². The van der Waals surface area contributed by atoms with Gasteiger partial charge in [-0.25, -0.2) is 4.68 Å². The van der Waals surface area contributed by atoms with Gasteiger partial charge in [0.2, 0.25) is 0 Å². The first kappa shape index (κ1) is 17.5. The quantitative estimate of drug-likeness (QED) is 0.658. The van der Waals surface area contributed by atoms with E-state index in [4.69, 9.17) is 9.47 Å². The molecular formula is C21H22N4O3S. The van der Waals surface area contributed by atoms with Crippen LogP contribution in [0.5, 0.6) is 5.75 Å². The lowest BCUT2D eigenvalue weighted by atomic mass is 9.79. The lowest BCUT2D eigenvalue weighted by Gasteiger charge is -2.35. The van der Waals surface area contributed by atoms with Crippen molar-refractivity contribution in [2.75, 3.05) is 12.4 Å². The summed E-state index contributed by atoms with van der Waals surface area (Å²) in [6.45, 7) is 3.35. The van der Waals surface area contributed by atoms with E-state index < -0.39 is 10.8 Å². The monoisotopic (exact) mass is 410 g/mol. The van der Waals surface area contributed by atoms with E-state index in [1.165, 1.54) is 5.56 Å². The third kappa shape index (κ3) is 2.73. The average molecular weight is 410 g/mol. The van der Waals surface area contributed by atoms with Gasteiger partial charge in [-0.2, -0.15) is 0 Å². The molecule has 0 amide bonds. The molecule has 29 heavy (non-hydrogen) atoms. The van der Waals surface area contributed by atoms with Crippen molar-refractivity contribution in [2.45, 2.75) is 49.7 Å². The molecule has 1 aromatic carbocycles. The van der Waals surface area contributed by atoms with Crippen molar-refractivity contribution in [3.63, 3.8) is 0 Å². The topological polar surface area (TPSA) is 79.1 Å². The highest BCUT2D eigenvalue weighted by atomic mass is 32.2. The third-order valence-electron chi connectivity index (χ3n) is 6.52. The predicted octanol–water partition coefficient (Wildman–Crippen LogP) is 2.66. The molecule has 150 valence electrons. The second-order valence-corrected chi connectivity index (χ2v) is 10.1. The van der Waals surface area contributed by atoms with Crippen molar-refractivity contribution in [2.24, 2.45) is 0 Å². The van der Waals surface area contributed by atoms with Crippen LogP contribution in [0.1, 0.15) is 42.7 Å². The second kappa shape index (κ2) is 6.34. The van der Waals surface area contributed by atoms with Crippen molar-refractivity contribution >= 4 is 21.7 Å². The number of rotatable bonds is 4. The number of aromatic nitrogens is 4. The van der Waals surface area contributed by atoms with Gasteiger partial charge >= 0.3 is 0 Å². The summed E-state index contributed by atoms with van der Waals surface area (Å²) < 4.78 is 25.7. The van der Waals surface area contributed by atoms with Crippen LogP contribution in [0.15, 0.2) is 30.6 Å². The molecule has 2 unspecified atom stereocenters. The molecule has 8 heteroatoms. The van der Waals surface area contributed by atoms with E-state index in [0.717, 1.165) is 53.8 Å². The smallest absolute Gasteiger partial charge is 0.141 e. The number of ether oxygens (including phenoxy) is 2. The Kier molecular flexibility index (Phi) is 3.83. The maximum Gasteiger partial charge on any atom is 0.141 e. The Morgan fingerprint density at radius 3 is 3.10 bits per heavy atom. The van der Waals surface area contributed by atoms with Crippen LogP contribution in [-0.4, -0.2) is 41.8 Å². The van der Waals surface area contributed by atoms with Gasteiger partial charge in [-0.3, -0.25) is 9.19 Å². The summed E-state index contributed by atoms with van der Waals surface area (Å²) in [5, 5.41) is 10.2. The summed E-state index contributed by atoms with van der Waals surface area (Å²) in [5.41, 5.74) is 4.14. The summed E-state index contributed by atoms with van der Waals surface area (Å²) in [6, 6.07) is 6.03. The second-order valence-electron chi connectivity index (χ2n) is 8.37. The number of benzene rings is 1. The van der Waals surface area contributed by atoms with Crippen molar-refractivity contribution in [3.05, 3.63) is 47.4 Å². The van der Waals surface area contributed by atoms with Crippen LogP contribution >= 0.6 is 0 Å². The van der Waals surface area contributed by atoms with Gasteiger partial charge < -0.3 is 9.47 Å². The Hall–Kier alpha value is -2.32. The zero-order valence-corrected chi connectivity index (χ0v) is 17.0. The summed E-state index contributed by atoms with van der Waals surface area (Å²) in [5.74, 6) is 1.49. The van der Waals surface area contributed by atoms with Crippen LogP contribution in [0.2, 0.25) is 0 Å². The minimum absolute atomic E-state index is 0.0871. The maximum absolute atomic E-state index is 12.0. The molecule has 0 radical (unpaired) electrons. The molecule has 3 fully saturated rings. The first-order valence-electron chi connectivity index (χ1n) is 10.1. The summed E-state index contributed by atoms with van der Waals surface area (Å²) in [4.78, 5) is 4.55. The highest BCUT2D eigenvalue weighted by Crippen LogP contribution is 2.49. The molecule has 7 nitrogen and oxygen atoms in total. The Bertz CT molecular complexity index is 1140. The van der Waals surface area contributed by atoms with E-state index in [0.29, 0.717) is 17.6 Å². The summed E-state index contributed by atoms with van der Waals surface area (Å²) >= 11 is 0. The van der Waals surface area contributed by atoms with E-state index in [-0.39, 0.29) is 11.6 Å². The molecule has 3 aromatic rings. The van der Waals surface area contributed by atoms with Gasteiger partial charge in [0.05, 0.1) is 30.5 Å². The summed E-state index contributed by atoms with van der Waals surface area (Å²) in [6.07, 6.45) is 6.45. The van der Waals surface area contributed by atoms with Crippen LogP contribution in [0.3, 0.4) is 0 Å². The van der Waals surface area contributed by atoms with E-state index in [2.05, 4.69) is 21.4 Å². The van der Waals surface area contributed by atoms with Crippen molar-refractivity contribution in [1.29, 1.82) is 0 Å². The number of hydrogen-bond acceptors (Lipinski definition) is 6. The fourth-order valence-corrected chi connectivity index (χ4v) is 6.93. The maximum atomic E-state index is 12.0. The highest BCUT2D eigenvalue weighted by molar-refractivity contribution is 7.86. The van der Waals surface area contributed by atoms with Crippen LogP contribution in [-0.2, 0) is 34.1 Å². The van der Waals surface area contributed by atoms with Gasteiger partial charge in [0.1, 0.15) is 17.5 Å². The molecule has 2 saturated heterocycles. The number of hydrogen-bond donors (Lipinski definition) is 0. The molecule has 2 atom stereocenters. The van der Waals surface area contributed by atoms with Gasteiger partial charge in [0.25, 0.3) is 0 Å². The van der Waals surface area contributed by atoms with Crippen LogP contribution in [0.25, 0.3) is 10.9 Å². The Morgan fingerprint density at radius 2 is 2.28 bits per heavy atom. The zero-order chi connectivity index (χ0) is 19.6. The standard InChI is InChI=1S/C21H22N4O3S/c1-13(20-10-25(24-23-20)21-7-16(8-21)29(26)12-21)28-15-2-3-19-18(6-15)17-4-5-27-11-14(17)9-22-19/h2-3,6,9-10,13,16H,4-5,7-8,11-12H2,1H3. The molecule has 0 spiro atoms. The van der Waals surface area contributed by atoms with Gasteiger partial charge in [-0.15, -0.1) is 5.10 Å². The van der Waals surface area contributed by atoms with Crippen molar-refractivity contribution < 1.29 is 13.7 Å². The van der Waals surface area contributed by atoms with Crippen LogP contribution < -0.4 is 4.74 Å². The van der Waals surface area contributed by atoms with E-state index >= 15 is 0 Å². The number of nitrogens with zero attached hydrogens (tertiary/aromatic N) is 4. The molecule has 1 aliphatic carbocycles. The van der Waals surface area contributed by atoms with Gasteiger partial charge in [0, 0.05) is 33.4 Å². The molecule has 2 aromatic heterocycles. The Balaban J connectivity index is 1.26. The number of pyridine rings is 1. The first-order chi connectivity index (χ1) is 14.1. The first-order valence-corrected chi connectivity index (χ1v) is 11.4. The van der Waals surface area contributed by atoms with E-state index in [9.17, 15) is 4.21 Å². The van der Waals surface area contributed by atoms with Crippen LogP contribution in [0, 0.1) is 0 Å². The normalized spacial score (nSPS) is 28.7. The highest BCUT2D eigenvalue weighted by Gasteiger charge is 2.57. The minimum Gasteiger partial charge on any atom is -0.484 e. The SMILES string of the molecule is CC(Oc1ccc2ncc3c(c2c1)CCOC3)c1cn(C23CC(C2)S(=O)C3)nn1. The Morgan fingerprint density at radius 1 is 1.38 bits per heavy atom. The fourth-order valence-electron chi connectivity index (χ4n) is 4.80. The van der Waals surface area contributed by atoms with Crippen molar-refractivity contribution in [3.8, 4) is 5.75 Å². The molecule has 0 N–H and O–H groups in total. The third-order valence-corrected chi connectivity index (χ3v) is 8.42. The lowest BCUT2D eigenvalue weighted by Crippen LogP contribution is -2.43. The lowest BCUT2D eigenvalue weighted by molar-refractivity contribution is 0.111. The van der Waals surface area contributed by atoms with E-state index in [1.807, 2.05) is 36.1 Å². The van der Waals surface area contributed by atoms with Crippen molar-refractivity contribution in [1.82, 2.24) is 20.0 Å². The van der Waals surface area contributed by atoms with E-state index in [1.54, 1.807) is 0 Å². The largest absolute Gasteiger partial charge is 0.484 e. The average Bonchev–Trinajstić information content (AvgIpc) is 3.40. The zero-order valence-electron chi connectivity index (χ0n) is 16.2. The molecule has 3 aliphatic heterocycles. The number of fused-ring (bicyclic) bond motifs is 4. The molecule has 2 bridgehead atoms. The molecule has 7 rings (SSSR count). The van der Waals surface area contributed by atoms with Gasteiger partial charge in [-0.05, 0) is 55.5 Å². The van der Waals surface area contributed by atoms with Gasteiger partial charge in [-0.1, -0.05) is 5.21 Å². The minimum atomic E-state index is -0.716. The molecule has 5 heterocycles. The summed E-state index contributed by atoms with van der Waals surface area (Å²) in [7, 11) is -0.716. The Labute approximate surface area is 170 Å².